The highest BCUT2D eigenvalue weighted by atomic mass is 32.2. The molecule has 4 saturated carbocycles. The van der Waals surface area contributed by atoms with Gasteiger partial charge in [-0.2, -0.15) is 13.2 Å². The zero-order chi connectivity index (χ0) is 43.2. The van der Waals surface area contributed by atoms with Crippen LogP contribution >= 0.6 is 0 Å². The van der Waals surface area contributed by atoms with Gasteiger partial charge in [0.05, 0.1) is 22.1 Å². The molecule has 15 heteroatoms. The number of benzene rings is 1. The summed E-state index contributed by atoms with van der Waals surface area (Å²) in [5.41, 5.74) is -0.573. The van der Waals surface area contributed by atoms with Crippen LogP contribution in [0.25, 0.3) is 0 Å². The fourth-order valence-corrected chi connectivity index (χ4v) is 14.2. The van der Waals surface area contributed by atoms with Gasteiger partial charge in [0.2, 0.25) is 0 Å². The number of allylic oxidation sites excluding steroid dienone is 2. The average Bonchev–Trinajstić information content (AvgIpc) is 3.53. The van der Waals surface area contributed by atoms with E-state index in [1.54, 1.807) is 13.0 Å². The quantitative estimate of drug-likeness (QED) is 0.136. The van der Waals surface area contributed by atoms with Crippen molar-refractivity contribution >= 4 is 21.8 Å². The fourth-order valence-electron chi connectivity index (χ4n) is 12.9. The van der Waals surface area contributed by atoms with Gasteiger partial charge < -0.3 is 19.4 Å². The van der Waals surface area contributed by atoms with Crippen molar-refractivity contribution in [2.75, 3.05) is 6.61 Å². The number of rotatable bonds is 9. The maximum atomic E-state index is 14.6. The van der Waals surface area contributed by atoms with Crippen molar-refractivity contribution in [2.45, 2.75) is 154 Å². The largest absolute Gasteiger partial charge is 0.490 e. The first-order valence-electron chi connectivity index (χ1n) is 21.1. The second kappa shape index (κ2) is 14.5. The minimum absolute atomic E-state index is 0.00153. The summed E-state index contributed by atoms with van der Waals surface area (Å²) in [7, 11) is -4.29. The topological polar surface area (TPSA) is 149 Å². The molecular formula is C44H59F3N2O9S. The summed E-state index contributed by atoms with van der Waals surface area (Å²) >= 11 is 0. The lowest BCUT2D eigenvalue weighted by Gasteiger charge is -2.71. The SMILES string of the molecule is CC(CCOc1no[n+]([O-])c1S(=O)(=O)c1ccccc1)OC(=O)[C@]12CCC(C)(C)C[C@H]1C1=CC[C@@H]3[C@@]4(C)CC[C@H](OC(=O)C(F)(F)F)C(C)(C)[C@@H]4CC[C@@]3(C)[C@]1(C)CC2. The van der Waals surface area contributed by atoms with Crippen molar-refractivity contribution in [3.63, 3.8) is 0 Å². The summed E-state index contributed by atoms with van der Waals surface area (Å²) in [5.74, 6) is -2.55. The average molecular weight is 849 g/mol. The number of nitrogens with zero attached hydrogens (tertiary/aromatic N) is 2. The number of carbonyl (C=O) groups excluding carboxylic acids is 2. The monoisotopic (exact) mass is 848 g/mol. The molecule has 59 heavy (non-hydrogen) atoms. The Morgan fingerprint density at radius 2 is 1.64 bits per heavy atom. The number of carbonyl (C=O) groups is 2. The molecule has 0 saturated heterocycles. The molecule has 9 atom stereocenters. The highest BCUT2D eigenvalue weighted by molar-refractivity contribution is 7.91. The third-order valence-electron chi connectivity index (χ3n) is 16.4. The van der Waals surface area contributed by atoms with Crippen molar-refractivity contribution < 1.29 is 54.9 Å². The van der Waals surface area contributed by atoms with Gasteiger partial charge in [-0.05, 0) is 128 Å². The van der Waals surface area contributed by atoms with Gasteiger partial charge >= 0.3 is 29.0 Å². The summed E-state index contributed by atoms with van der Waals surface area (Å²) in [4.78, 5) is 26.3. The van der Waals surface area contributed by atoms with Gasteiger partial charge in [0, 0.05) is 11.8 Å². The molecular weight excluding hydrogens is 790 g/mol. The zero-order valence-electron chi connectivity index (χ0n) is 35.4. The number of alkyl halides is 3. The molecule has 0 bridgehead atoms. The van der Waals surface area contributed by atoms with Gasteiger partial charge in [-0.15, -0.1) is 0 Å². The van der Waals surface area contributed by atoms with Gasteiger partial charge in [0.15, 0.2) is 0 Å². The van der Waals surface area contributed by atoms with Crippen LogP contribution in [-0.2, 0) is 28.9 Å². The first-order chi connectivity index (χ1) is 27.3. The van der Waals surface area contributed by atoms with Gasteiger partial charge in [0.25, 0.3) is 9.84 Å². The van der Waals surface area contributed by atoms with Gasteiger partial charge in [0.1, 0.15) is 12.2 Å². The molecule has 2 aromatic rings. The Hall–Kier alpha value is -3.62. The zero-order valence-corrected chi connectivity index (χ0v) is 36.3. The van der Waals surface area contributed by atoms with Crippen molar-refractivity contribution in [3.05, 3.63) is 47.2 Å². The Bertz CT molecular complexity index is 2100. The molecule has 1 aromatic heterocycles. The van der Waals surface area contributed by atoms with E-state index >= 15 is 0 Å². The Labute approximate surface area is 345 Å². The summed E-state index contributed by atoms with van der Waals surface area (Å²) < 4.78 is 88.0. The normalized spacial score (nSPS) is 35.4. The van der Waals surface area contributed by atoms with Crippen LogP contribution in [0.2, 0.25) is 0 Å². The van der Waals surface area contributed by atoms with Crippen molar-refractivity contribution in [2.24, 2.45) is 50.2 Å². The molecule has 5 aliphatic carbocycles. The van der Waals surface area contributed by atoms with E-state index in [2.05, 4.69) is 50.5 Å². The molecule has 11 nitrogen and oxygen atoms in total. The number of sulfone groups is 1. The van der Waals surface area contributed by atoms with Crippen molar-refractivity contribution in [1.29, 1.82) is 0 Å². The summed E-state index contributed by atoms with van der Waals surface area (Å²) in [6, 6.07) is 7.43. The summed E-state index contributed by atoms with van der Waals surface area (Å²) in [5, 5.41) is 15.1. The van der Waals surface area contributed by atoms with Crippen LogP contribution in [0.4, 0.5) is 13.2 Å². The number of esters is 2. The first-order valence-corrected chi connectivity index (χ1v) is 22.5. The molecule has 1 aromatic carbocycles. The lowest BCUT2D eigenvalue weighted by molar-refractivity contribution is -0.832. The van der Waals surface area contributed by atoms with Crippen molar-refractivity contribution in [3.8, 4) is 5.88 Å². The number of halogens is 3. The lowest BCUT2D eigenvalue weighted by atomic mass is 9.33. The second-order valence-corrected chi connectivity index (χ2v) is 22.2. The number of ether oxygens (including phenoxy) is 3. The van der Waals surface area contributed by atoms with E-state index in [1.807, 2.05) is 13.8 Å². The van der Waals surface area contributed by atoms with E-state index in [4.69, 9.17) is 14.2 Å². The molecule has 1 heterocycles. The van der Waals surface area contributed by atoms with E-state index in [1.165, 1.54) is 29.8 Å². The van der Waals surface area contributed by atoms with Gasteiger partial charge in [-0.3, -0.25) is 9.42 Å². The maximum Gasteiger partial charge on any atom is 0.490 e. The third-order valence-corrected chi connectivity index (χ3v) is 18.1. The standard InChI is InChI=1S/C44H59F3N2O9S/c1-27(18-25-55-34-35(49(52)58-48-34)59(53,54)28-12-10-9-11-13-28)56-36(50)43-23-21-38(2,3)26-30(43)29-14-15-32-40(6)19-17-33(57-37(51)44(45,46)47)39(4,5)31(40)16-20-42(32,8)41(29,7)22-24-43/h9-14,27,30-33H,15-26H2,1-8H3/t27?,30-,31-,32+,33-,40-,41+,42+,43-/m0/s1. The Morgan fingerprint density at radius 3 is 2.32 bits per heavy atom. The van der Waals surface area contributed by atoms with Crippen LogP contribution in [-0.4, -0.2) is 50.5 Å². The Kier molecular flexibility index (Phi) is 10.7. The Balaban J connectivity index is 1.09. The predicted octanol–water partition coefficient (Wildman–Crippen LogP) is 9.12. The molecule has 5 aliphatic rings. The van der Waals surface area contributed by atoms with Crippen LogP contribution in [0.1, 0.15) is 126 Å². The van der Waals surface area contributed by atoms with Gasteiger partial charge in [-0.1, -0.05) is 78.3 Å². The van der Waals surface area contributed by atoms with E-state index in [0.717, 1.165) is 38.5 Å². The van der Waals surface area contributed by atoms with Crippen molar-refractivity contribution in [1.82, 2.24) is 5.16 Å². The van der Waals surface area contributed by atoms with E-state index in [-0.39, 0.29) is 68.2 Å². The molecule has 0 radical (unpaired) electrons. The van der Waals surface area contributed by atoms with E-state index < -0.39 is 55.9 Å². The third kappa shape index (κ3) is 6.96. The summed E-state index contributed by atoms with van der Waals surface area (Å²) in [6.07, 6.45) is 3.58. The van der Waals surface area contributed by atoms with Crippen LogP contribution in [0.3, 0.4) is 0 Å². The number of aromatic nitrogens is 2. The molecule has 0 spiro atoms. The lowest BCUT2D eigenvalue weighted by Crippen LogP contribution is -2.65. The predicted molar refractivity (Wildman–Crippen MR) is 208 cm³/mol. The molecule has 0 aliphatic heterocycles. The highest BCUT2D eigenvalue weighted by Gasteiger charge is 2.70. The molecule has 1 unspecified atom stereocenters. The summed E-state index contributed by atoms with van der Waals surface area (Å²) in [6.45, 7) is 17.3. The number of hydrogen-bond acceptors (Lipinski definition) is 10. The first kappa shape index (κ1) is 43.5. The molecule has 0 N–H and O–H groups in total. The molecule has 4 fully saturated rings. The molecule has 0 amide bonds. The number of hydrogen-bond donors (Lipinski definition) is 0. The minimum atomic E-state index is -5.04. The number of fused-ring (bicyclic) bond motifs is 7. The van der Waals surface area contributed by atoms with E-state index in [0.29, 0.717) is 25.7 Å². The van der Waals surface area contributed by atoms with E-state index in [9.17, 15) is 36.4 Å². The fraction of sp³-hybridized carbons (Fsp3) is 0.727. The molecule has 326 valence electrons. The van der Waals surface area contributed by atoms with Crippen LogP contribution in [0.15, 0.2) is 56.5 Å². The second-order valence-electron chi connectivity index (χ2n) is 20.3. The smallest absolute Gasteiger partial charge is 0.462 e. The Morgan fingerprint density at radius 1 is 0.966 bits per heavy atom. The van der Waals surface area contributed by atoms with Crippen LogP contribution in [0.5, 0.6) is 5.88 Å². The van der Waals surface area contributed by atoms with Crippen LogP contribution in [0, 0.1) is 55.5 Å². The highest BCUT2D eigenvalue weighted by Crippen LogP contribution is 2.76. The maximum absolute atomic E-state index is 14.6. The molecule has 7 rings (SSSR count). The van der Waals surface area contributed by atoms with Gasteiger partial charge in [-0.25, -0.2) is 13.2 Å². The van der Waals surface area contributed by atoms with Crippen LogP contribution < -0.4 is 9.64 Å². The minimum Gasteiger partial charge on any atom is -0.462 e.